The largest absolute Gasteiger partial charge is 0.352 e. The number of piperazine rings is 1. The van der Waals surface area contributed by atoms with Crippen molar-refractivity contribution in [1.29, 1.82) is 0 Å². The maximum absolute atomic E-state index is 12.9. The molecule has 0 saturated carbocycles. The van der Waals surface area contributed by atoms with Gasteiger partial charge in [0, 0.05) is 56.9 Å². The van der Waals surface area contributed by atoms with Crippen molar-refractivity contribution < 1.29 is 4.79 Å². The highest BCUT2D eigenvalue weighted by Crippen LogP contribution is 2.27. The van der Waals surface area contributed by atoms with E-state index in [2.05, 4.69) is 36.4 Å². The van der Waals surface area contributed by atoms with E-state index in [1.807, 2.05) is 10.3 Å². The molecule has 3 aromatic heterocycles. The van der Waals surface area contributed by atoms with Gasteiger partial charge in [0.25, 0.3) is 5.91 Å². The van der Waals surface area contributed by atoms with E-state index in [1.54, 1.807) is 17.7 Å². The lowest BCUT2D eigenvalue weighted by Gasteiger charge is -2.35. The second kappa shape index (κ2) is 6.33. The number of hydrogen-bond acceptors (Lipinski definition) is 7. The number of carbonyl (C=O) groups excluding carboxylic acids is 1. The van der Waals surface area contributed by atoms with E-state index < -0.39 is 0 Å². The Labute approximate surface area is 154 Å². The molecule has 1 saturated heterocycles. The van der Waals surface area contributed by atoms with E-state index in [4.69, 9.17) is 0 Å². The van der Waals surface area contributed by atoms with Crippen molar-refractivity contribution in [2.24, 2.45) is 0 Å². The second-order valence-electron chi connectivity index (χ2n) is 6.57. The maximum Gasteiger partial charge on any atom is 0.274 e. The van der Waals surface area contributed by atoms with Crippen LogP contribution >= 0.6 is 11.3 Å². The van der Waals surface area contributed by atoms with E-state index in [0.29, 0.717) is 25.3 Å². The first-order valence-electron chi connectivity index (χ1n) is 8.80. The Hall–Kier alpha value is -2.52. The van der Waals surface area contributed by atoms with E-state index in [-0.39, 0.29) is 5.91 Å². The fraction of sp³-hybridized carbons (Fsp3) is 0.412. The van der Waals surface area contributed by atoms with Crippen molar-refractivity contribution in [3.8, 4) is 0 Å². The van der Waals surface area contributed by atoms with Crippen LogP contribution in [0.3, 0.4) is 0 Å². The van der Waals surface area contributed by atoms with Gasteiger partial charge in [0.05, 0.1) is 5.39 Å². The summed E-state index contributed by atoms with van der Waals surface area (Å²) in [5.74, 6) is 0.985. The van der Waals surface area contributed by atoms with Gasteiger partial charge in [0.2, 0.25) is 0 Å². The average Bonchev–Trinajstić information content (AvgIpc) is 3.34. The number of rotatable bonds is 2. The van der Waals surface area contributed by atoms with Crippen molar-refractivity contribution in [3.63, 3.8) is 0 Å². The van der Waals surface area contributed by atoms with Gasteiger partial charge in [0.15, 0.2) is 5.69 Å². The van der Waals surface area contributed by atoms with Crippen LogP contribution in [0, 0.1) is 0 Å². The number of nitrogens with zero attached hydrogens (tertiary/aromatic N) is 5. The number of aromatic nitrogens is 4. The number of fused-ring (bicyclic) bond motifs is 2. The Balaban J connectivity index is 1.32. The van der Waals surface area contributed by atoms with Crippen LogP contribution in [0.15, 0.2) is 17.8 Å². The summed E-state index contributed by atoms with van der Waals surface area (Å²) in [6.45, 7) is 4.51. The molecule has 0 aliphatic carbocycles. The Morgan fingerprint density at radius 2 is 2.08 bits per heavy atom. The number of H-pyrrole nitrogens is 1. The molecule has 8 nitrogen and oxygen atoms in total. The van der Waals surface area contributed by atoms with Crippen LogP contribution in [0.4, 0.5) is 5.82 Å². The fourth-order valence-electron chi connectivity index (χ4n) is 3.70. The van der Waals surface area contributed by atoms with E-state index in [1.165, 1.54) is 0 Å². The van der Waals surface area contributed by atoms with Gasteiger partial charge in [-0.1, -0.05) is 0 Å². The lowest BCUT2D eigenvalue weighted by atomic mass is 10.1. The van der Waals surface area contributed by atoms with Crippen LogP contribution in [0.1, 0.15) is 21.7 Å². The molecule has 26 heavy (non-hydrogen) atoms. The van der Waals surface area contributed by atoms with E-state index in [0.717, 1.165) is 53.3 Å². The third kappa shape index (κ3) is 2.55. The Bertz CT molecular complexity index is 957. The zero-order valence-electron chi connectivity index (χ0n) is 14.2. The van der Waals surface area contributed by atoms with Crippen LogP contribution in [-0.4, -0.2) is 63.7 Å². The van der Waals surface area contributed by atoms with Crippen molar-refractivity contribution in [2.45, 2.75) is 13.0 Å². The summed E-state index contributed by atoms with van der Waals surface area (Å²) in [7, 11) is 0. The summed E-state index contributed by atoms with van der Waals surface area (Å²) in [5.41, 5.74) is 2.69. The van der Waals surface area contributed by atoms with Gasteiger partial charge in [0.1, 0.15) is 17.0 Å². The molecule has 2 aliphatic rings. The standard InChI is InChI=1S/C17H19N7OS/c25-17(14-12-9-18-3-1-13(12)21-22-14)24-6-4-23(5-7-24)15-11-2-8-26-16(11)20-10-19-15/h2,8,10,18H,1,3-7,9H2,(H,21,22). The molecule has 0 spiro atoms. The first kappa shape index (κ1) is 15.7. The van der Waals surface area contributed by atoms with Gasteiger partial charge in [-0.15, -0.1) is 11.3 Å². The van der Waals surface area contributed by atoms with E-state index in [9.17, 15) is 4.79 Å². The first-order chi connectivity index (χ1) is 12.8. The summed E-state index contributed by atoms with van der Waals surface area (Å²) < 4.78 is 0. The van der Waals surface area contributed by atoms with Crippen LogP contribution in [-0.2, 0) is 13.0 Å². The molecule has 134 valence electrons. The van der Waals surface area contributed by atoms with Gasteiger partial charge in [-0.3, -0.25) is 9.89 Å². The molecule has 2 aliphatic heterocycles. The van der Waals surface area contributed by atoms with Crippen molar-refractivity contribution in [2.75, 3.05) is 37.6 Å². The number of anilines is 1. The predicted molar refractivity (Wildman–Crippen MR) is 99.5 cm³/mol. The second-order valence-corrected chi connectivity index (χ2v) is 7.47. The Morgan fingerprint density at radius 3 is 2.96 bits per heavy atom. The van der Waals surface area contributed by atoms with Crippen molar-refractivity contribution in [1.82, 2.24) is 30.4 Å². The summed E-state index contributed by atoms with van der Waals surface area (Å²) in [4.78, 5) is 26.8. The van der Waals surface area contributed by atoms with Gasteiger partial charge >= 0.3 is 0 Å². The summed E-state index contributed by atoms with van der Waals surface area (Å²) in [6, 6.07) is 2.07. The topological polar surface area (TPSA) is 90.0 Å². The Kier molecular flexibility index (Phi) is 3.83. The molecular formula is C17H19N7OS. The van der Waals surface area contributed by atoms with Gasteiger partial charge in [-0.25, -0.2) is 9.97 Å². The molecule has 5 rings (SSSR count). The highest BCUT2D eigenvalue weighted by Gasteiger charge is 2.28. The third-order valence-corrected chi connectivity index (χ3v) is 5.94. The molecule has 3 aromatic rings. The number of nitrogens with one attached hydrogen (secondary N) is 2. The Morgan fingerprint density at radius 1 is 1.19 bits per heavy atom. The molecule has 1 amide bonds. The number of amides is 1. The molecule has 0 unspecified atom stereocenters. The SMILES string of the molecule is O=C(c1n[nH]c2c1CNCC2)N1CCN(c2ncnc3sccc23)CC1. The average molecular weight is 369 g/mol. The summed E-state index contributed by atoms with van der Waals surface area (Å²) in [5, 5.41) is 13.8. The summed E-state index contributed by atoms with van der Waals surface area (Å²) >= 11 is 1.62. The number of thiophene rings is 1. The molecule has 0 radical (unpaired) electrons. The minimum Gasteiger partial charge on any atom is -0.352 e. The molecule has 9 heteroatoms. The number of carbonyl (C=O) groups is 1. The van der Waals surface area contributed by atoms with Gasteiger partial charge in [-0.2, -0.15) is 5.10 Å². The maximum atomic E-state index is 12.9. The van der Waals surface area contributed by atoms with Gasteiger partial charge < -0.3 is 15.1 Å². The summed E-state index contributed by atoms with van der Waals surface area (Å²) in [6.07, 6.45) is 2.52. The molecule has 2 N–H and O–H groups in total. The molecule has 1 fully saturated rings. The molecule has 0 bridgehead atoms. The molecule has 0 atom stereocenters. The molecule has 0 aromatic carbocycles. The molecular weight excluding hydrogens is 350 g/mol. The normalized spacial score (nSPS) is 17.5. The molecule has 5 heterocycles. The predicted octanol–water partition coefficient (Wildman–Crippen LogP) is 1.02. The van der Waals surface area contributed by atoms with Crippen LogP contribution in [0.25, 0.3) is 10.2 Å². The van der Waals surface area contributed by atoms with Crippen LogP contribution in [0.2, 0.25) is 0 Å². The number of hydrogen-bond donors (Lipinski definition) is 2. The van der Waals surface area contributed by atoms with Crippen LogP contribution in [0.5, 0.6) is 0 Å². The fourth-order valence-corrected chi connectivity index (χ4v) is 4.43. The smallest absolute Gasteiger partial charge is 0.274 e. The highest BCUT2D eigenvalue weighted by atomic mass is 32.1. The monoisotopic (exact) mass is 369 g/mol. The lowest BCUT2D eigenvalue weighted by molar-refractivity contribution is 0.0739. The zero-order chi connectivity index (χ0) is 17.5. The zero-order valence-corrected chi connectivity index (χ0v) is 15.1. The quantitative estimate of drug-likeness (QED) is 0.701. The van der Waals surface area contributed by atoms with Crippen molar-refractivity contribution in [3.05, 3.63) is 34.7 Å². The van der Waals surface area contributed by atoms with E-state index >= 15 is 0 Å². The first-order valence-corrected chi connectivity index (χ1v) is 9.68. The van der Waals surface area contributed by atoms with Crippen molar-refractivity contribution >= 4 is 33.3 Å². The minimum atomic E-state index is 0.0224. The number of aromatic amines is 1. The highest BCUT2D eigenvalue weighted by molar-refractivity contribution is 7.16. The van der Waals surface area contributed by atoms with Gasteiger partial charge in [-0.05, 0) is 11.4 Å². The van der Waals surface area contributed by atoms with Crippen LogP contribution < -0.4 is 10.2 Å². The third-order valence-electron chi connectivity index (χ3n) is 5.12. The lowest BCUT2D eigenvalue weighted by Crippen LogP contribution is -2.49. The minimum absolute atomic E-state index is 0.0224.